The number of carbonyl (C=O) groups excluding carboxylic acids is 2. The number of amides is 2. The lowest BCUT2D eigenvalue weighted by Crippen LogP contribution is -2.49. The zero-order valence-electron chi connectivity index (χ0n) is 16.7. The van der Waals surface area contributed by atoms with Gasteiger partial charge in [0.15, 0.2) is 0 Å². The van der Waals surface area contributed by atoms with Crippen LogP contribution in [0.2, 0.25) is 0 Å². The van der Waals surface area contributed by atoms with Gasteiger partial charge in [0.2, 0.25) is 11.8 Å². The molecule has 31 heavy (non-hydrogen) atoms. The molecular formula is C22H20BrF3N2O2S. The number of hydrogen-bond acceptors (Lipinski definition) is 3. The van der Waals surface area contributed by atoms with Crippen LogP contribution in [-0.4, -0.2) is 47.8 Å². The summed E-state index contributed by atoms with van der Waals surface area (Å²) in [4.78, 5) is 27.8. The number of alkyl halides is 3. The zero-order chi connectivity index (χ0) is 22.6. The van der Waals surface area contributed by atoms with Gasteiger partial charge < -0.3 is 9.80 Å². The standard InChI is InChI=1S/C22H20BrF3N2O2S/c1-15(29)27-9-11-28(12-10-27)21(30)8-6-16-5-7-20(19(13-16)22(24,25)26)31-18-4-2-3-17(23)14-18/h2-8,13-14H,9-12H2,1H3. The second-order valence-corrected chi connectivity index (χ2v) is 9.01. The molecule has 1 saturated heterocycles. The van der Waals surface area contributed by atoms with E-state index >= 15 is 0 Å². The number of benzene rings is 2. The van der Waals surface area contributed by atoms with E-state index < -0.39 is 11.7 Å². The van der Waals surface area contributed by atoms with E-state index in [0.29, 0.717) is 36.6 Å². The van der Waals surface area contributed by atoms with Gasteiger partial charge in [0.05, 0.1) is 5.56 Å². The van der Waals surface area contributed by atoms with Crippen molar-refractivity contribution in [2.45, 2.75) is 22.9 Å². The minimum Gasteiger partial charge on any atom is -0.339 e. The summed E-state index contributed by atoms with van der Waals surface area (Å²) in [6.07, 6.45) is -1.85. The molecule has 164 valence electrons. The number of piperazine rings is 1. The monoisotopic (exact) mass is 512 g/mol. The molecule has 0 unspecified atom stereocenters. The molecule has 2 amide bonds. The number of rotatable bonds is 4. The third-order valence-corrected chi connectivity index (χ3v) is 6.35. The van der Waals surface area contributed by atoms with Gasteiger partial charge in [-0.3, -0.25) is 9.59 Å². The fourth-order valence-corrected chi connectivity index (χ4v) is 4.69. The third kappa shape index (κ3) is 6.36. The summed E-state index contributed by atoms with van der Waals surface area (Å²) >= 11 is 4.35. The van der Waals surface area contributed by atoms with E-state index in [0.717, 1.165) is 22.3 Å². The van der Waals surface area contributed by atoms with Crippen LogP contribution in [0.25, 0.3) is 6.08 Å². The molecule has 0 saturated carbocycles. The molecule has 1 fully saturated rings. The number of carbonyl (C=O) groups is 2. The SMILES string of the molecule is CC(=O)N1CCN(C(=O)C=Cc2ccc(Sc3cccc(Br)c3)c(C(F)(F)F)c2)CC1. The average Bonchev–Trinajstić information content (AvgIpc) is 2.72. The Kier molecular flexibility index (Phi) is 7.48. The topological polar surface area (TPSA) is 40.6 Å². The van der Waals surface area contributed by atoms with E-state index in [-0.39, 0.29) is 16.7 Å². The summed E-state index contributed by atoms with van der Waals surface area (Å²) in [6, 6.07) is 11.1. The van der Waals surface area contributed by atoms with Crippen LogP contribution in [0.15, 0.2) is 62.8 Å². The zero-order valence-corrected chi connectivity index (χ0v) is 19.1. The molecule has 0 spiro atoms. The molecule has 0 bridgehead atoms. The van der Waals surface area contributed by atoms with E-state index in [1.54, 1.807) is 40.1 Å². The van der Waals surface area contributed by atoms with Crippen LogP contribution in [0, 0.1) is 0 Å². The lowest BCUT2D eigenvalue weighted by Gasteiger charge is -2.33. The molecule has 1 heterocycles. The molecule has 4 nitrogen and oxygen atoms in total. The first-order valence-corrected chi connectivity index (χ1v) is 11.1. The molecule has 1 aliphatic rings. The Bertz CT molecular complexity index is 1000. The van der Waals surface area contributed by atoms with Crippen molar-refractivity contribution >= 4 is 45.6 Å². The van der Waals surface area contributed by atoms with Crippen molar-refractivity contribution in [2.24, 2.45) is 0 Å². The molecule has 1 aliphatic heterocycles. The molecule has 0 N–H and O–H groups in total. The maximum atomic E-state index is 13.6. The van der Waals surface area contributed by atoms with Crippen molar-refractivity contribution in [3.8, 4) is 0 Å². The summed E-state index contributed by atoms with van der Waals surface area (Å²) in [5.74, 6) is -0.326. The van der Waals surface area contributed by atoms with Gasteiger partial charge in [-0.1, -0.05) is 39.8 Å². The van der Waals surface area contributed by atoms with E-state index in [1.165, 1.54) is 25.1 Å². The van der Waals surface area contributed by atoms with Gasteiger partial charge in [0, 0.05) is 53.4 Å². The van der Waals surface area contributed by atoms with Crippen LogP contribution in [0.4, 0.5) is 13.2 Å². The first-order chi connectivity index (χ1) is 14.6. The van der Waals surface area contributed by atoms with E-state index in [4.69, 9.17) is 0 Å². The predicted molar refractivity (Wildman–Crippen MR) is 118 cm³/mol. The molecule has 3 rings (SSSR count). The Morgan fingerprint density at radius 3 is 2.32 bits per heavy atom. The van der Waals surface area contributed by atoms with Gasteiger partial charge in [-0.15, -0.1) is 0 Å². The quantitative estimate of drug-likeness (QED) is 0.520. The van der Waals surface area contributed by atoms with Crippen LogP contribution < -0.4 is 0 Å². The van der Waals surface area contributed by atoms with Gasteiger partial charge in [0.25, 0.3) is 0 Å². The Balaban J connectivity index is 1.75. The Labute approximate surface area is 191 Å². The molecule has 2 aromatic carbocycles. The summed E-state index contributed by atoms with van der Waals surface area (Å²) in [7, 11) is 0. The van der Waals surface area contributed by atoms with Crippen LogP contribution in [0.5, 0.6) is 0 Å². The molecule has 0 aromatic heterocycles. The summed E-state index contributed by atoms with van der Waals surface area (Å²) < 4.78 is 41.7. The van der Waals surface area contributed by atoms with Gasteiger partial charge in [-0.2, -0.15) is 13.2 Å². The fourth-order valence-electron chi connectivity index (χ4n) is 3.13. The van der Waals surface area contributed by atoms with Crippen LogP contribution >= 0.6 is 27.7 Å². The second-order valence-electron chi connectivity index (χ2n) is 6.98. The molecule has 2 aromatic rings. The first kappa shape index (κ1) is 23.4. The Morgan fingerprint density at radius 1 is 1.03 bits per heavy atom. The molecular weight excluding hydrogens is 493 g/mol. The first-order valence-electron chi connectivity index (χ1n) is 9.50. The van der Waals surface area contributed by atoms with Crippen LogP contribution in [0.3, 0.4) is 0 Å². The lowest BCUT2D eigenvalue weighted by atomic mass is 10.1. The summed E-state index contributed by atoms with van der Waals surface area (Å²) in [5.41, 5.74) is -0.455. The summed E-state index contributed by atoms with van der Waals surface area (Å²) in [5, 5.41) is 0. The Morgan fingerprint density at radius 2 is 1.71 bits per heavy atom. The van der Waals surface area contributed by atoms with E-state index in [1.807, 2.05) is 0 Å². The number of halogens is 4. The maximum Gasteiger partial charge on any atom is 0.417 e. The highest BCUT2D eigenvalue weighted by molar-refractivity contribution is 9.10. The number of nitrogens with zero attached hydrogens (tertiary/aromatic N) is 2. The number of hydrogen-bond donors (Lipinski definition) is 0. The fraction of sp³-hybridized carbons (Fsp3) is 0.273. The second kappa shape index (κ2) is 9.91. The normalized spacial score (nSPS) is 14.9. The van der Waals surface area contributed by atoms with Crippen molar-refractivity contribution < 1.29 is 22.8 Å². The van der Waals surface area contributed by atoms with Gasteiger partial charge in [-0.05, 0) is 42.0 Å². The Hall–Kier alpha value is -2.26. The molecule has 0 atom stereocenters. The third-order valence-electron chi connectivity index (χ3n) is 4.79. The van der Waals surface area contributed by atoms with E-state index in [2.05, 4.69) is 15.9 Å². The highest BCUT2D eigenvalue weighted by Crippen LogP contribution is 2.40. The molecule has 0 radical (unpaired) electrons. The van der Waals surface area contributed by atoms with Gasteiger partial charge in [-0.25, -0.2) is 0 Å². The van der Waals surface area contributed by atoms with Gasteiger partial charge >= 0.3 is 6.18 Å². The van der Waals surface area contributed by atoms with E-state index in [9.17, 15) is 22.8 Å². The maximum absolute atomic E-state index is 13.6. The van der Waals surface area contributed by atoms with Crippen molar-refractivity contribution in [1.29, 1.82) is 0 Å². The largest absolute Gasteiger partial charge is 0.417 e. The summed E-state index contributed by atoms with van der Waals surface area (Å²) in [6.45, 7) is 3.19. The smallest absolute Gasteiger partial charge is 0.339 e. The highest BCUT2D eigenvalue weighted by atomic mass is 79.9. The average molecular weight is 513 g/mol. The van der Waals surface area contributed by atoms with Crippen molar-refractivity contribution in [1.82, 2.24) is 9.80 Å². The minimum absolute atomic E-state index is 0.0388. The van der Waals surface area contributed by atoms with Crippen molar-refractivity contribution in [2.75, 3.05) is 26.2 Å². The van der Waals surface area contributed by atoms with Crippen LogP contribution in [-0.2, 0) is 15.8 Å². The lowest BCUT2D eigenvalue weighted by molar-refractivity contribution is -0.139. The molecule has 9 heteroatoms. The van der Waals surface area contributed by atoms with Crippen molar-refractivity contribution in [3.63, 3.8) is 0 Å². The van der Waals surface area contributed by atoms with Crippen molar-refractivity contribution in [3.05, 3.63) is 64.1 Å². The predicted octanol–water partition coefficient (Wildman–Crippen LogP) is 5.32. The highest BCUT2D eigenvalue weighted by Gasteiger charge is 2.34. The van der Waals surface area contributed by atoms with Gasteiger partial charge in [0.1, 0.15) is 0 Å². The van der Waals surface area contributed by atoms with Crippen LogP contribution in [0.1, 0.15) is 18.1 Å². The minimum atomic E-state index is -4.52. The molecule has 0 aliphatic carbocycles.